The third-order valence-electron chi connectivity index (χ3n) is 3.35. The van der Waals surface area contributed by atoms with Crippen molar-refractivity contribution in [1.29, 1.82) is 0 Å². The highest BCUT2D eigenvalue weighted by Crippen LogP contribution is 2.22. The lowest BCUT2D eigenvalue weighted by Gasteiger charge is -2.17. The standard InChI is InChI=1S/C17H15N3.ClHO4/c1-20-16(14-10-6-3-7-11-14)12-15(19-17(20)18)13-8-4-2-5-9-13;2-1(3,4)5/h2-12,18H,1H3;(H,2,3,4,5). The predicted molar refractivity (Wildman–Crippen MR) is 80.7 cm³/mol. The van der Waals surface area contributed by atoms with Crippen molar-refractivity contribution >= 4 is 5.95 Å². The molecule has 0 radical (unpaired) electrons. The van der Waals surface area contributed by atoms with Crippen LogP contribution in [0.15, 0.2) is 66.7 Å². The van der Waals surface area contributed by atoms with Crippen molar-refractivity contribution in [3.8, 4) is 22.5 Å². The molecule has 0 unspecified atom stereocenters. The fraction of sp³-hybridized carbons (Fsp3) is 0.0588. The lowest BCUT2D eigenvalue weighted by atomic mass is 10.1. The number of rotatable bonds is 2. The Bertz CT molecular complexity index is 819. The molecule has 0 amide bonds. The van der Waals surface area contributed by atoms with E-state index in [1.165, 1.54) is 0 Å². The Morgan fingerprint density at radius 2 is 1.28 bits per heavy atom. The Morgan fingerprint density at radius 3 is 1.76 bits per heavy atom. The van der Waals surface area contributed by atoms with E-state index in [0.717, 1.165) is 22.5 Å². The minimum absolute atomic E-state index is 0.505. The molecule has 1 aromatic heterocycles. The molecule has 0 saturated carbocycles. The number of hydrogen-bond donors (Lipinski definition) is 1. The van der Waals surface area contributed by atoms with Gasteiger partial charge >= 0.3 is 5.95 Å². The average Bonchev–Trinajstić information content (AvgIpc) is 2.57. The normalized spacial score (nSPS) is 10.8. The molecule has 0 aliphatic rings. The third kappa shape index (κ3) is 5.79. The van der Waals surface area contributed by atoms with Crippen molar-refractivity contribution in [2.75, 3.05) is 5.73 Å². The molecule has 25 heavy (non-hydrogen) atoms. The van der Waals surface area contributed by atoms with Crippen LogP contribution in [0.3, 0.4) is 0 Å². The van der Waals surface area contributed by atoms with E-state index in [1.54, 1.807) is 0 Å². The van der Waals surface area contributed by atoms with E-state index in [9.17, 15) is 0 Å². The number of nitrogen functional groups attached to an aromatic ring is 1. The monoisotopic (exact) mass is 361 g/mol. The van der Waals surface area contributed by atoms with Crippen LogP contribution in [0.4, 0.5) is 5.95 Å². The second-order valence-electron chi connectivity index (χ2n) is 5.05. The fourth-order valence-corrected chi connectivity index (χ4v) is 2.22. The second kappa shape index (κ2) is 8.02. The maximum atomic E-state index is 8.49. The fourth-order valence-electron chi connectivity index (χ4n) is 2.22. The van der Waals surface area contributed by atoms with Crippen LogP contribution in [0.25, 0.3) is 22.5 Å². The van der Waals surface area contributed by atoms with Gasteiger partial charge in [-0.05, 0) is 0 Å². The number of halogens is 1. The molecule has 3 aromatic rings. The van der Waals surface area contributed by atoms with Crippen molar-refractivity contribution in [3.05, 3.63) is 66.7 Å². The number of nitrogens with zero attached hydrogens (tertiary/aromatic N) is 2. The summed E-state index contributed by atoms with van der Waals surface area (Å²) < 4.78 is 35.9. The lowest BCUT2D eigenvalue weighted by Crippen LogP contribution is -2.68. The number of hydrogen-bond acceptors (Lipinski definition) is 6. The van der Waals surface area contributed by atoms with Crippen LogP contribution in [0.5, 0.6) is 0 Å². The first-order valence-corrected chi connectivity index (χ1v) is 8.38. The van der Waals surface area contributed by atoms with E-state index in [1.807, 2.05) is 60.1 Å². The topological polar surface area (TPSA) is 135 Å². The molecule has 0 fully saturated rings. The van der Waals surface area contributed by atoms with Gasteiger partial charge in [0.1, 0.15) is 5.69 Å². The van der Waals surface area contributed by atoms with Crippen LogP contribution in [0, 0.1) is 10.2 Å². The highest BCUT2D eigenvalue weighted by atomic mass is 35.7. The molecule has 130 valence electrons. The van der Waals surface area contributed by atoms with E-state index in [-0.39, 0.29) is 0 Å². The molecule has 0 atom stereocenters. The Kier molecular flexibility index (Phi) is 6.02. The SMILES string of the molecule is C[n+]1c(-c2ccccc2)cc(-c2ccccc2)nc1N.[O-][Cl+3]([O-])([O-])[O-]. The van der Waals surface area contributed by atoms with Gasteiger partial charge in [0, 0.05) is 17.2 Å². The van der Waals surface area contributed by atoms with Crippen molar-refractivity contribution in [2.45, 2.75) is 0 Å². The first kappa shape index (κ1) is 18.8. The van der Waals surface area contributed by atoms with Crippen LogP contribution >= 0.6 is 0 Å². The summed E-state index contributed by atoms with van der Waals surface area (Å²) >= 11 is 0. The summed E-state index contributed by atoms with van der Waals surface area (Å²) in [7, 11) is -3.01. The summed E-state index contributed by atoms with van der Waals surface area (Å²) in [5.41, 5.74) is 10.2. The van der Waals surface area contributed by atoms with Crippen LogP contribution < -0.4 is 28.9 Å². The van der Waals surface area contributed by atoms with Gasteiger partial charge in [-0.2, -0.15) is 0 Å². The maximum absolute atomic E-state index is 8.49. The average molecular weight is 362 g/mol. The summed E-state index contributed by atoms with van der Waals surface area (Å²) in [5, 5.41) is 0. The van der Waals surface area contributed by atoms with E-state index >= 15 is 0 Å². The quantitative estimate of drug-likeness (QED) is 0.528. The molecule has 0 aliphatic carbocycles. The highest BCUT2D eigenvalue weighted by Gasteiger charge is 2.15. The van der Waals surface area contributed by atoms with E-state index in [0.29, 0.717) is 5.95 Å². The molecule has 2 N–H and O–H groups in total. The first-order chi connectivity index (χ1) is 11.8. The van der Waals surface area contributed by atoms with Gasteiger partial charge in [0.05, 0.1) is 7.05 Å². The number of anilines is 1. The van der Waals surface area contributed by atoms with Gasteiger partial charge in [0.25, 0.3) is 0 Å². The summed E-state index contributed by atoms with van der Waals surface area (Å²) in [6, 6.07) is 22.3. The van der Waals surface area contributed by atoms with Crippen LogP contribution in [0.2, 0.25) is 0 Å². The first-order valence-electron chi connectivity index (χ1n) is 7.15. The van der Waals surface area contributed by atoms with Gasteiger partial charge in [0.2, 0.25) is 0 Å². The number of nitrogens with two attached hydrogens (primary N) is 1. The van der Waals surface area contributed by atoms with Gasteiger partial charge in [-0.3, -0.25) is 5.73 Å². The van der Waals surface area contributed by atoms with Gasteiger partial charge < -0.3 is 0 Å². The largest absolute Gasteiger partial charge is 0.390 e. The summed E-state index contributed by atoms with van der Waals surface area (Å²) in [5.74, 6) is 0.505. The summed E-state index contributed by atoms with van der Waals surface area (Å²) in [6.45, 7) is 0. The van der Waals surface area contributed by atoms with E-state index < -0.39 is 10.2 Å². The van der Waals surface area contributed by atoms with Crippen LogP contribution in [-0.4, -0.2) is 4.98 Å². The summed E-state index contributed by atoms with van der Waals surface area (Å²) in [6.07, 6.45) is 0. The van der Waals surface area contributed by atoms with Crippen LogP contribution in [0.1, 0.15) is 0 Å². The Labute approximate surface area is 147 Å². The van der Waals surface area contributed by atoms with Crippen molar-refractivity contribution < 1.29 is 33.4 Å². The lowest BCUT2D eigenvalue weighted by molar-refractivity contribution is -2.00. The zero-order chi connectivity index (χ0) is 18.4. The third-order valence-corrected chi connectivity index (χ3v) is 3.35. The number of aromatic nitrogens is 2. The molecular weight excluding hydrogens is 346 g/mol. The molecule has 8 heteroatoms. The minimum atomic E-state index is -4.94. The smallest absolute Gasteiger partial charge is 0.287 e. The van der Waals surface area contributed by atoms with Gasteiger partial charge in [-0.15, -0.1) is 10.2 Å². The van der Waals surface area contributed by atoms with Gasteiger partial charge in [0.15, 0.2) is 5.69 Å². The minimum Gasteiger partial charge on any atom is -0.287 e. The van der Waals surface area contributed by atoms with Gasteiger partial charge in [-0.1, -0.05) is 65.6 Å². The maximum Gasteiger partial charge on any atom is 0.390 e. The van der Waals surface area contributed by atoms with Crippen molar-refractivity contribution in [1.82, 2.24) is 4.98 Å². The molecule has 0 saturated heterocycles. The Morgan fingerprint density at radius 1 is 0.840 bits per heavy atom. The second-order valence-corrected chi connectivity index (χ2v) is 5.81. The molecule has 7 nitrogen and oxygen atoms in total. The zero-order valence-electron chi connectivity index (χ0n) is 13.3. The van der Waals surface area contributed by atoms with E-state index in [4.69, 9.17) is 24.4 Å². The number of benzene rings is 2. The molecule has 0 bridgehead atoms. The predicted octanol–water partition coefficient (Wildman–Crippen LogP) is -1.93. The molecule has 3 rings (SSSR count). The zero-order valence-corrected chi connectivity index (χ0v) is 14.1. The highest BCUT2D eigenvalue weighted by molar-refractivity contribution is 5.66. The molecule has 1 heterocycles. The van der Waals surface area contributed by atoms with Crippen LogP contribution in [-0.2, 0) is 7.05 Å². The van der Waals surface area contributed by atoms with Gasteiger partial charge in [-0.25, -0.2) is 23.2 Å². The van der Waals surface area contributed by atoms with Crippen molar-refractivity contribution in [3.63, 3.8) is 0 Å². The summed E-state index contributed by atoms with van der Waals surface area (Å²) in [4.78, 5) is 4.47. The molecule has 2 aromatic carbocycles. The molecular formula is C17H16ClN3O4. The molecule has 0 spiro atoms. The van der Waals surface area contributed by atoms with E-state index in [2.05, 4.69) is 23.2 Å². The Balaban J connectivity index is 0.000000399. The Hall–Kier alpha value is -2.55. The molecule has 0 aliphatic heterocycles. The van der Waals surface area contributed by atoms with Crippen molar-refractivity contribution in [2.24, 2.45) is 7.05 Å².